The number of rotatable bonds is 2. The number of carbonyl (C=O) groups is 2. The molecule has 2 N–H and O–H groups in total. The van der Waals surface area contributed by atoms with Crippen LogP contribution in [0.3, 0.4) is 0 Å². The molecule has 0 aromatic heterocycles. The van der Waals surface area contributed by atoms with E-state index in [0.717, 1.165) is 19.5 Å². The molecule has 5 nitrogen and oxygen atoms in total. The molecule has 1 unspecified atom stereocenters. The zero-order valence-corrected chi connectivity index (χ0v) is 11.3. The number of amides is 3. The lowest BCUT2D eigenvalue weighted by Gasteiger charge is -2.32. The maximum absolute atomic E-state index is 11.9. The van der Waals surface area contributed by atoms with E-state index in [9.17, 15) is 9.59 Å². The molecule has 1 aromatic carbocycles. The van der Waals surface area contributed by atoms with Crippen molar-refractivity contribution in [3.63, 3.8) is 0 Å². The summed E-state index contributed by atoms with van der Waals surface area (Å²) in [6.45, 7) is 3.41. The van der Waals surface area contributed by atoms with Gasteiger partial charge in [-0.2, -0.15) is 0 Å². The molecule has 0 saturated carbocycles. The van der Waals surface area contributed by atoms with Crippen LogP contribution in [0.25, 0.3) is 0 Å². The minimum atomic E-state index is -0.464. The minimum Gasteiger partial charge on any atom is -0.341 e. The van der Waals surface area contributed by atoms with Gasteiger partial charge in [-0.3, -0.25) is 15.0 Å². The molecule has 102 valence electrons. The van der Waals surface area contributed by atoms with Gasteiger partial charge >= 0.3 is 6.03 Å². The lowest BCUT2D eigenvalue weighted by Crippen LogP contribution is -2.50. The quantitative estimate of drug-likeness (QED) is 0.831. The highest BCUT2D eigenvalue weighted by Crippen LogP contribution is 2.20. The molecule has 5 heteroatoms. The summed E-state index contributed by atoms with van der Waals surface area (Å²) < 4.78 is 0. The first-order valence-corrected chi connectivity index (χ1v) is 6.45. The Bertz CT molecular complexity index is 487. The Morgan fingerprint density at radius 1 is 1.26 bits per heavy atom. The topological polar surface area (TPSA) is 61.4 Å². The SMILES string of the molecule is CNC(=O)NC(=O)C(C)N1CCc2ccccc2C1. The van der Waals surface area contributed by atoms with Crippen LogP contribution in [0, 0.1) is 0 Å². The summed E-state index contributed by atoms with van der Waals surface area (Å²) in [5.41, 5.74) is 2.60. The highest BCUT2D eigenvalue weighted by atomic mass is 16.2. The smallest absolute Gasteiger partial charge is 0.321 e. The fraction of sp³-hybridized carbons (Fsp3) is 0.429. The van der Waals surface area contributed by atoms with Crippen molar-refractivity contribution in [3.05, 3.63) is 35.4 Å². The van der Waals surface area contributed by atoms with Gasteiger partial charge in [0.15, 0.2) is 0 Å². The maximum Gasteiger partial charge on any atom is 0.321 e. The molecule has 1 aliphatic rings. The van der Waals surface area contributed by atoms with E-state index in [2.05, 4.69) is 27.7 Å². The van der Waals surface area contributed by atoms with Crippen molar-refractivity contribution in [1.82, 2.24) is 15.5 Å². The van der Waals surface area contributed by atoms with Gasteiger partial charge in [0.25, 0.3) is 0 Å². The second-order valence-corrected chi connectivity index (χ2v) is 4.73. The van der Waals surface area contributed by atoms with Crippen molar-refractivity contribution in [1.29, 1.82) is 0 Å². The standard InChI is InChI=1S/C14H19N3O2/c1-10(13(18)16-14(19)15-2)17-8-7-11-5-3-4-6-12(11)9-17/h3-6,10H,7-9H2,1-2H3,(H2,15,16,18,19). The summed E-state index contributed by atoms with van der Waals surface area (Å²) in [6.07, 6.45) is 0.938. The number of hydrogen-bond donors (Lipinski definition) is 2. The summed E-state index contributed by atoms with van der Waals surface area (Å²) in [4.78, 5) is 25.1. The van der Waals surface area contributed by atoms with Gasteiger partial charge in [0.05, 0.1) is 6.04 Å². The Hall–Kier alpha value is -1.88. The molecule has 0 aliphatic carbocycles. The van der Waals surface area contributed by atoms with Crippen molar-refractivity contribution in [2.45, 2.75) is 25.9 Å². The van der Waals surface area contributed by atoms with E-state index >= 15 is 0 Å². The van der Waals surface area contributed by atoms with Gasteiger partial charge in [-0.15, -0.1) is 0 Å². The number of nitrogens with one attached hydrogen (secondary N) is 2. The van der Waals surface area contributed by atoms with Gasteiger partial charge in [0.2, 0.25) is 5.91 Å². The summed E-state index contributed by atoms with van der Waals surface area (Å²) >= 11 is 0. The van der Waals surface area contributed by atoms with E-state index in [0.29, 0.717) is 0 Å². The van der Waals surface area contributed by atoms with Gasteiger partial charge in [-0.25, -0.2) is 4.79 Å². The molecule has 1 aromatic rings. The van der Waals surface area contributed by atoms with Crippen molar-refractivity contribution < 1.29 is 9.59 Å². The number of urea groups is 1. The van der Waals surface area contributed by atoms with Crippen LogP contribution in [0.15, 0.2) is 24.3 Å². The van der Waals surface area contributed by atoms with E-state index in [1.54, 1.807) is 0 Å². The Morgan fingerprint density at radius 2 is 1.95 bits per heavy atom. The van der Waals surface area contributed by atoms with E-state index < -0.39 is 6.03 Å². The summed E-state index contributed by atoms with van der Waals surface area (Å²) in [5.74, 6) is -0.265. The predicted octanol–water partition coefficient (Wildman–Crippen LogP) is 0.889. The van der Waals surface area contributed by atoms with Gasteiger partial charge in [-0.1, -0.05) is 24.3 Å². The normalized spacial score (nSPS) is 16.3. The zero-order chi connectivity index (χ0) is 13.8. The van der Waals surface area contributed by atoms with Crippen LogP contribution < -0.4 is 10.6 Å². The van der Waals surface area contributed by atoms with Crippen LogP contribution >= 0.6 is 0 Å². The number of hydrogen-bond acceptors (Lipinski definition) is 3. The molecule has 0 bridgehead atoms. The summed E-state index contributed by atoms with van der Waals surface area (Å²) in [7, 11) is 1.49. The Kier molecular flexibility index (Phi) is 4.16. The van der Waals surface area contributed by atoms with E-state index in [1.165, 1.54) is 18.2 Å². The average molecular weight is 261 g/mol. The third-order valence-electron chi connectivity index (χ3n) is 3.55. The van der Waals surface area contributed by atoms with E-state index in [1.807, 2.05) is 19.1 Å². The highest BCUT2D eigenvalue weighted by molar-refractivity contribution is 5.96. The van der Waals surface area contributed by atoms with Crippen LogP contribution in [0.5, 0.6) is 0 Å². The van der Waals surface area contributed by atoms with Gasteiger partial charge in [0, 0.05) is 20.1 Å². The number of fused-ring (bicyclic) bond motifs is 1. The highest BCUT2D eigenvalue weighted by Gasteiger charge is 2.25. The van der Waals surface area contributed by atoms with Crippen LogP contribution in [0.1, 0.15) is 18.1 Å². The second-order valence-electron chi connectivity index (χ2n) is 4.73. The molecule has 1 aliphatic heterocycles. The molecule has 1 atom stereocenters. The summed E-state index contributed by atoms with van der Waals surface area (Å²) in [5, 5.41) is 4.70. The van der Waals surface area contributed by atoms with Crippen LogP contribution in [0.4, 0.5) is 4.79 Å². The molecule has 0 fully saturated rings. The zero-order valence-electron chi connectivity index (χ0n) is 11.3. The molecule has 2 rings (SSSR count). The molecule has 0 saturated heterocycles. The van der Waals surface area contributed by atoms with Crippen molar-refractivity contribution in [3.8, 4) is 0 Å². The van der Waals surface area contributed by atoms with Crippen molar-refractivity contribution in [2.75, 3.05) is 13.6 Å². The molecule has 19 heavy (non-hydrogen) atoms. The molecule has 0 radical (unpaired) electrons. The molecule has 0 spiro atoms. The monoisotopic (exact) mass is 261 g/mol. The average Bonchev–Trinajstić information content (AvgIpc) is 2.45. The first kappa shape index (κ1) is 13.5. The Labute approximate surface area is 113 Å². The van der Waals surface area contributed by atoms with Crippen molar-refractivity contribution >= 4 is 11.9 Å². The Balaban J connectivity index is 2.00. The Morgan fingerprint density at radius 3 is 2.63 bits per heavy atom. The minimum absolute atomic E-state index is 0.265. The maximum atomic E-state index is 11.9. The molecular formula is C14H19N3O2. The first-order chi connectivity index (χ1) is 9.11. The number of benzene rings is 1. The third kappa shape index (κ3) is 3.12. The fourth-order valence-electron chi connectivity index (χ4n) is 2.29. The van der Waals surface area contributed by atoms with Crippen molar-refractivity contribution in [2.24, 2.45) is 0 Å². The van der Waals surface area contributed by atoms with E-state index in [-0.39, 0.29) is 11.9 Å². The van der Waals surface area contributed by atoms with Gasteiger partial charge in [-0.05, 0) is 24.5 Å². The van der Waals surface area contributed by atoms with E-state index in [4.69, 9.17) is 0 Å². The number of nitrogens with zero attached hydrogens (tertiary/aromatic N) is 1. The third-order valence-corrected chi connectivity index (χ3v) is 3.55. The van der Waals surface area contributed by atoms with Crippen LogP contribution in [0.2, 0.25) is 0 Å². The van der Waals surface area contributed by atoms with Crippen LogP contribution in [-0.4, -0.2) is 36.5 Å². The van der Waals surface area contributed by atoms with Gasteiger partial charge < -0.3 is 5.32 Å². The summed E-state index contributed by atoms with van der Waals surface area (Å²) in [6, 6.07) is 7.49. The fourth-order valence-corrected chi connectivity index (χ4v) is 2.29. The predicted molar refractivity (Wildman–Crippen MR) is 72.6 cm³/mol. The first-order valence-electron chi connectivity index (χ1n) is 6.45. The molecule has 3 amide bonds. The largest absolute Gasteiger partial charge is 0.341 e. The number of carbonyl (C=O) groups excluding carboxylic acids is 2. The van der Waals surface area contributed by atoms with Gasteiger partial charge in [0.1, 0.15) is 0 Å². The molecule has 1 heterocycles. The lowest BCUT2D eigenvalue weighted by atomic mass is 9.99. The number of imide groups is 1. The van der Waals surface area contributed by atoms with Crippen LogP contribution in [-0.2, 0) is 17.8 Å². The second kappa shape index (κ2) is 5.84. The lowest BCUT2D eigenvalue weighted by molar-refractivity contribution is -0.125. The molecular weight excluding hydrogens is 242 g/mol.